The average molecular weight is 340 g/mol. The van der Waals surface area contributed by atoms with E-state index in [1.54, 1.807) is 6.20 Å². The normalized spacial score (nSPS) is 24.6. The molecule has 25 heavy (non-hydrogen) atoms. The van der Waals surface area contributed by atoms with Crippen molar-refractivity contribution in [3.8, 4) is 0 Å². The van der Waals surface area contributed by atoms with Gasteiger partial charge < -0.3 is 4.90 Å². The number of fused-ring (bicyclic) bond motifs is 3. The molecule has 0 aromatic carbocycles. The van der Waals surface area contributed by atoms with Crippen LogP contribution in [-0.2, 0) is 12.8 Å². The molecule has 0 bridgehead atoms. The van der Waals surface area contributed by atoms with E-state index in [9.17, 15) is 4.79 Å². The summed E-state index contributed by atoms with van der Waals surface area (Å²) >= 11 is 0. The predicted octanol–water partition coefficient (Wildman–Crippen LogP) is 3.51. The quantitative estimate of drug-likeness (QED) is 0.798. The number of piperidine rings is 1. The van der Waals surface area contributed by atoms with E-state index in [-0.39, 0.29) is 5.91 Å². The highest BCUT2D eigenvalue weighted by molar-refractivity contribution is 5.99. The molecule has 1 amide bonds. The Labute approximate surface area is 149 Å². The zero-order valence-electron chi connectivity index (χ0n) is 15.4. The van der Waals surface area contributed by atoms with Gasteiger partial charge in [-0.05, 0) is 49.5 Å². The highest BCUT2D eigenvalue weighted by atomic mass is 16.2. The topological polar surface area (TPSA) is 50.5 Å². The van der Waals surface area contributed by atoms with E-state index in [2.05, 4.69) is 23.9 Å². The molecule has 1 fully saturated rings. The molecule has 2 aliphatic rings. The van der Waals surface area contributed by atoms with Crippen molar-refractivity contribution in [3.63, 3.8) is 0 Å². The lowest BCUT2D eigenvalue weighted by Gasteiger charge is -2.34. The molecule has 134 valence electrons. The molecule has 0 spiro atoms. The number of hydrogen-bond acceptors (Lipinski definition) is 3. The Bertz CT molecular complexity index is 771. The molecule has 1 aliphatic heterocycles. The van der Waals surface area contributed by atoms with Crippen LogP contribution in [-0.4, -0.2) is 38.5 Å². The van der Waals surface area contributed by atoms with Crippen molar-refractivity contribution in [1.29, 1.82) is 0 Å². The lowest BCUT2D eigenvalue weighted by molar-refractivity contribution is 0.0625. The minimum Gasteiger partial charge on any atom is -0.338 e. The molecule has 2 aromatic heterocycles. The minimum absolute atomic E-state index is 0.0895. The van der Waals surface area contributed by atoms with E-state index < -0.39 is 0 Å². The first kappa shape index (κ1) is 16.6. The lowest BCUT2D eigenvalue weighted by Crippen LogP contribution is -2.42. The van der Waals surface area contributed by atoms with Gasteiger partial charge in [0.25, 0.3) is 5.91 Å². The molecular formula is C20H28N4O. The molecule has 1 saturated heterocycles. The third-order valence-corrected chi connectivity index (χ3v) is 5.71. The molecule has 1 aliphatic carbocycles. The van der Waals surface area contributed by atoms with Crippen LogP contribution < -0.4 is 0 Å². The number of aromatic nitrogens is 3. The second kappa shape index (κ2) is 6.77. The number of aryl methyl sites for hydroxylation is 2. The SMILES string of the molecule is CC1CC(C)CN(C(=O)c2cnn3c4c(cnc23)CCCCCC4)C1. The van der Waals surface area contributed by atoms with Gasteiger partial charge in [0, 0.05) is 25.0 Å². The van der Waals surface area contributed by atoms with Crippen LogP contribution in [0.3, 0.4) is 0 Å². The van der Waals surface area contributed by atoms with Crippen molar-refractivity contribution in [3.05, 3.63) is 29.2 Å². The largest absolute Gasteiger partial charge is 0.338 e. The summed E-state index contributed by atoms with van der Waals surface area (Å²) in [7, 11) is 0. The maximum absolute atomic E-state index is 13.1. The van der Waals surface area contributed by atoms with Gasteiger partial charge in [0.2, 0.25) is 0 Å². The Morgan fingerprint density at radius 1 is 1.04 bits per heavy atom. The number of rotatable bonds is 1. The molecule has 5 heteroatoms. The van der Waals surface area contributed by atoms with Gasteiger partial charge in [-0.15, -0.1) is 0 Å². The molecule has 2 aromatic rings. The molecule has 3 heterocycles. The van der Waals surface area contributed by atoms with Crippen LogP contribution in [0.15, 0.2) is 12.4 Å². The Morgan fingerprint density at radius 3 is 2.52 bits per heavy atom. The molecule has 2 unspecified atom stereocenters. The van der Waals surface area contributed by atoms with Crippen LogP contribution in [0.2, 0.25) is 0 Å². The number of amides is 1. The Balaban J connectivity index is 1.69. The van der Waals surface area contributed by atoms with Crippen LogP contribution in [0.1, 0.15) is 67.6 Å². The van der Waals surface area contributed by atoms with Crippen molar-refractivity contribution < 1.29 is 4.79 Å². The molecule has 0 saturated carbocycles. The average Bonchev–Trinajstić information content (AvgIpc) is 2.97. The van der Waals surface area contributed by atoms with Crippen molar-refractivity contribution in [2.75, 3.05) is 13.1 Å². The molecule has 5 nitrogen and oxygen atoms in total. The van der Waals surface area contributed by atoms with E-state index in [0.29, 0.717) is 17.4 Å². The molecule has 2 atom stereocenters. The van der Waals surface area contributed by atoms with Gasteiger partial charge in [-0.3, -0.25) is 4.79 Å². The molecule has 0 N–H and O–H groups in total. The number of nitrogens with zero attached hydrogens (tertiary/aromatic N) is 4. The number of hydrogen-bond donors (Lipinski definition) is 0. The summed E-state index contributed by atoms with van der Waals surface area (Å²) in [5.74, 6) is 1.21. The van der Waals surface area contributed by atoms with Gasteiger partial charge in [0.05, 0.1) is 6.20 Å². The lowest BCUT2D eigenvalue weighted by atomic mass is 9.91. The Morgan fingerprint density at radius 2 is 1.76 bits per heavy atom. The second-order valence-corrected chi connectivity index (χ2v) is 8.09. The molecule has 0 radical (unpaired) electrons. The summed E-state index contributed by atoms with van der Waals surface area (Å²) < 4.78 is 1.94. The zero-order valence-corrected chi connectivity index (χ0v) is 15.4. The summed E-state index contributed by atoms with van der Waals surface area (Å²) in [6, 6.07) is 0. The fraction of sp³-hybridized carbons (Fsp3) is 0.650. The molecule has 4 rings (SSSR count). The van der Waals surface area contributed by atoms with Crippen molar-refractivity contribution >= 4 is 11.6 Å². The Hall–Kier alpha value is -1.91. The third kappa shape index (κ3) is 3.16. The van der Waals surface area contributed by atoms with Gasteiger partial charge in [-0.2, -0.15) is 5.10 Å². The van der Waals surface area contributed by atoms with Gasteiger partial charge in [-0.25, -0.2) is 9.50 Å². The summed E-state index contributed by atoms with van der Waals surface area (Å²) in [6.07, 6.45) is 12.0. The van der Waals surface area contributed by atoms with Gasteiger partial charge in [0.15, 0.2) is 5.65 Å². The van der Waals surface area contributed by atoms with Crippen LogP contribution in [0.5, 0.6) is 0 Å². The van der Waals surface area contributed by atoms with E-state index >= 15 is 0 Å². The second-order valence-electron chi connectivity index (χ2n) is 8.09. The maximum Gasteiger partial charge on any atom is 0.259 e. The van der Waals surface area contributed by atoms with Crippen molar-refractivity contribution in [2.24, 2.45) is 11.8 Å². The monoisotopic (exact) mass is 340 g/mol. The predicted molar refractivity (Wildman–Crippen MR) is 97.7 cm³/mol. The minimum atomic E-state index is 0.0895. The fourth-order valence-electron chi connectivity index (χ4n) is 4.60. The maximum atomic E-state index is 13.1. The Kier molecular flexibility index (Phi) is 4.48. The van der Waals surface area contributed by atoms with Crippen LogP contribution in [0, 0.1) is 11.8 Å². The number of carbonyl (C=O) groups is 1. The number of carbonyl (C=O) groups excluding carboxylic acids is 1. The first-order valence-electron chi connectivity index (χ1n) is 9.77. The van der Waals surface area contributed by atoms with Crippen molar-refractivity contribution in [1.82, 2.24) is 19.5 Å². The van der Waals surface area contributed by atoms with E-state index in [1.165, 1.54) is 43.4 Å². The van der Waals surface area contributed by atoms with Gasteiger partial charge >= 0.3 is 0 Å². The third-order valence-electron chi connectivity index (χ3n) is 5.71. The van der Waals surface area contributed by atoms with Gasteiger partial charge in [0.1, 0.15) is 5.56 Å². The van der Waals surface area contributed by atoms with E-state index in [1.807, 2.05) is 15.6 Å². The van der Waals surface area contributed by atoms with Crippen molar-refractivity contribution in [2.45, 2.75) is 58.8 Å². The zero-order chi connectivity index (χ0) is 17.4. The molecular weight excluding hydrogens is 312 g/mol. The first-order valence-corrected chi connectivity index (χ1v) is 9.77. The van der Waals surface area contributed by atoms with Crippen LogP contribution >= 0.6 is 0 Å². The van der Waals surface area contributed by atoms with E-state index in [0.717, 1.165) is 31.6 Å². The fourth-order valence-corrected chi connectivity index (χ4v) is 4.60. The van der Waals surface area contributed by atoms with E-state index in [4.69, 9.17) is 0 Å². The van der Waals surface area contributed by atoms with Crippen LogP contribution in [0.25, 0.3) is 5.65 Å². The van der Waals surface area contributed by atoms with Gasteiger partial charge in [-0.1, -0.05) is 26.7 Å². The highest BCUT2D eigenvalue weighted by Crippen LogP contribution is 2.25. The van der Waals surface area contributed by atoms with Crippen LogP contribution in [0.4, 0.5) is 0 Å². The summed E-state index contributed by atoms with van der Waals surface area (Å²) in [5, 5.41) is 4.56. The summed E-state index contributed by atoms with van der Waals surface area (Å²) in [5.41, 5.74) is 3.94. The first-order chi connectivity index (χ1) is 12.1. The number of likely N-dealkylation sites (tertiary alicyclic amines) is 1. The summed E-state index contributed by atoms with van der Waals surface area (Å²) in [6.45, 7) is 6.14. The summed E-state index contributed by atoms with van der Waals surface area (Å²) in [4.78, 5) is 19.7. The smallest absolute Gasteiger partial charge is 0.259 e. The highest BCUT2D eigenvalue weighted by Gasteiger charge is 2.28. The standard InChI is InChI=1S/C20H28N4O/c1-14-9-15(2)13-23(12-14)20(25)17-11-22-24-18-8-6-4-3-5-7-16(18)10-21-19(17)24/h10-11,14-15H,3-9,12-13H2,1-2H3.